The molecule has 16 heavy (non-hydrogen) atoms. The van der Waals surface area contributed by atoms with E-state index in [2.05, 4.69) is 45.7 Å². The number of anilines is 1. The zero-order chi connectivity index (χ0) is 11.5. The molecule has 1 aromatic rings. The smallest absolute Gasteiger partial charge is 0.129 e. The van der Waals surface area contributed by atoms with Gasteiger partial charge in [-0.15, -0.1) is 0 Å². The highest BCUT2D eigenvalue weighted by molar-refractivity contribution is 9.10. The zero-order valence-corrected chi connectivity index (χ0v) is 11.6. The first-order valence-corrected chi connectivity index (χ1v) is 6.90. The average Bonchev–Trinajstić information content (AvgIpc) is 2.32. The minimum Gasteiger partial charge on any atom is -0.354 e. The summed E-state index contributed by atoms with van der Waals surface area (Å²) in [5, 5.41) is 0. The van der Waals surface area contributed by atoms with E-state index in [0.717, 1.165) is 16.8 Å². The Bertz CT molecular complexity index is 365. The molecule has 88 valence electrons. The van der Waals surface area contributed by atoms with Crippen LogP contribution in [-0.2, 0) is 0 Å². The molecule has 0 radical (unpaired) electrons. The van der Waals surface area contributed by atoms with Gasteiger partial charge in [0.2, 0.25) is 0 Å². The number of halogens is 1. The van der Waals surface area contributed by atoms with Gasteiger partial charge in [-0.2, -0.15) is 0 Å². The van der Waals surface area contributed by atoms with Crippen LogP contribution in [-0.4, -0.2) is 17.6 Å². The van der Waals surface area contributed by atoms with E-state index in [1.165, 1.54) is 31.2 Å². The third-order valence-electron chi connectivity index (χ3n) is 3.43. The molecule has 0 aliphatic carbocycles. The molecule has 1 aromatic heterocycles. The molecule has 1 atom stereocenters. The molecule has 1 aliphatic heterocycles. The highest BCUT2D eigenvalue weighted by Crippen LogP contribution is 2.27. The summed E-state index contributed by atoms with van der Waals surface area (Å²) in [5.74, 6) is 1.15. The van der Waals surface area contributed by atoms with E-state index in [9.17, 15) is 0 Å². The Balaban J connectivity index is 2.23. The summed E-state index contributed by atoms with van der Waals surface area (Å²) in [6.07, 6.45) is 7.12. The van der Waals surface area contributed by atoms with Crippen LogP contribution < -0.4 is 4.90 Å². The molecule has 0 amide bonds. The van der Waals surface area contributed by atoms with E-state index < -0.39 is 0 Å². The SMILES string of the molecule is CCC1CCCCN1c1cc(C)c(Br)cn1. The van der Waals surface area contributed by atoms with Crippen LogP contribution in [0.4, 0.5) is 5.82 Å². The largest absolute Gasteiger partial charge is 0.354 e. The van der Waals surface area contributed by atoms with Crippen molar-refractivity contribution in [1.29, 1.82) is 0 Å². The highest BCUT2D eigenvalue weighted by Gasteiger charge is 2.21. The van der Waals surface area contributed by atoms with Crippen LogP contribution >= 0.6 is 15.9 Å². The predicted molar refractivity (Wildman–Crippen MR) is 72.0 cm³/mol. The second kappa shape index (κ2) is 5.17. The topological polar surface area (TPSA) is 16.1 Å². The maximum atomic E-state index is 4.54. The third kappa shape index (κ3) is 2.40. The van der Waals surface area contributed by atoms with E-state index >= 15 is 0 Å². The second-order valence-corrected chi connectivity index (χ2v) is 5.40. The molecule has 1 fully saturated rings. The van der Waals surface area contributed by atoms with Crippen LogP contribution in [0.15, 0.2) is 16.7 Å². The minimum atomic E-state index is 0.682. The molecule has 0 N–H and O–H groups in total. The highest BCUT2D eigenvalue weighted by atomic mass is 79.9. The van der Waals surface area contributed by atoms with Crippen LogP contribution in [0.5, 0.6) is 0 Å². The minimum absolute atomic E-state index is 0.682. The number of pyridine rings is 1. The molecule has 1 unspecified atom stereocenters. The first kappa shape index (κ1) is 11.9. The molecule has 1 aliphatic rings. The maximum Gasteiger partial charge on any atom is 0.129 e. The van der Waals surface area contributed by atoms with Gasteiger partial charge >= 0.3 is 0 Å². The quantitative estimate of drug-likeness (QED) is 0.817. The van der Waals surface area contributed by atoms with Crippen LogP contribution in [0, 0.1) is 6.92 Å². The van der Waals surface area contributed by atoms with E-state index in [1.54, 1.807) is 0 Å². The number of hydrogen-bond donors (Lipinski definition) is 0. The normalized spacial score (nSPS) is 21.2. The van der Waals surface area contributed by atoms with Crippen LogP contribution in [0.2, 0.25) is 0 Å². The number of hydrogen-bond acceptors (Lipinski definition) is 2. The molecule has 2 nitrogen and oxygen atoms in total. The van der Waals surface area contributed by atoms with Gasteiger partial charge < -0.3 is 4.90 Å². The lowest BCUT2D eigenvalue weighted by molar-refractivity contribution is 0.447. The number of rotatable bonds is 2. The lowest BCUT2D eigenvalue weighted by Crippen LogP contribution is -2.39. The van der Waals surface area contributed by atoms with Crippen molar-refractivity contribution in [3.63, 3.8) is 0 Å². The fourth-order valence-corrected chi connectivity index (χ4v) is 2.63. The summed E-state index contributed by atoms with van der Waals surface area (Å²) in [7, 11) is 0. The Kier molecular flexibility index (Phi) is 3.85. The molecule has 2 heterocycles. The Morgan fingerprint density at radius 3 is 3.00 bits per heavy atom. The van der Waals surface area contributed by atoms with E-state index in [-0.39, 0.29) is 0 Å². The summed E-state index contributed by atoms with van der Waals surface area (Å²) in [6.45, 7) is 5.56. The lowest BCUT2D eigenvalue weighted by Gasteiger charge is -2.36. The average molecular weight is 283 g/mol. The summed E-state index contributed by atoms with van der Waals surface area (Å²) in [4.78, 5) is 7.02. The fraction of sp³-hybridized carbons (Fsp3) is 0.615. The van der Waals surface area contributed by atoms with Crippen LogP contribution in [0.25, 0.3) is 0 Å². The van der Waals surface area contributed by atoms with E-state index in [4.69, 9.17) is 0 Å². The van der Waals surface area contributed by atoms with Crippen LogP contribution in [0.3, 0.4) is 0 Å². The summed E-state index contributed by atoms with van der Waals surface area (Å²) in [5.41, 5.74) is 1.27. The Labute approximate surface area is 106 Å². The van der Waals surface area contributed by atoms with Gasteiger partial charge in [-0.25, -0.2) is 4.98 Å². The van der Waals surface area contributed by atoms with Crippen molar-refractivity contribution < 1.29 is 0 Å². The summed E-state index contributed by atoms with van der Waals surface area (Å²) in [6, 6.07) is 2.87. The monoisotopic (exact) mass is 282 g/mol. The van der Waals surface area contributed by atoms with Crippen LogP contribution in [0.1, 0.15) is 38.2 Å². The summed E-state index contributed by atoms with van der Waals surface area (Å²) >= 11 is 3.50. The molecule has 0 aromatic carbocycles. The van der Waals surface area contributed by atoms with Crippen molar-refractivity contribution in [3.05, 3.63) is 22.3 Å². The van der Waals surface area contributed by atoms with Gasteiger partial charge in [0.15, 0.2) is 0 Å². The maximum absolute atomic E-state index is 4.54. The number of aromatic nitrogens is 1. The Hall–Kier alpha value is -0.570. The first-order valence-electron chi connectivity index (χ1n) is 6.11. The van der Waals surface area contributed by atoms with Gasteiger partial charge in [-0.05, 0) is 60.2 Å². The fourth-order valence-electron chi connectivity index (χ4n) is 2.41. The van der Waals surface area contributed by atoms with E-state index in [0.29, 0.717) is 6.04 Å². The number of nitrogens with zero attached hydrogens (tertiary/aromatic N) is 2. The van der Waals surface area contributed by atoms with Crippen molar-refractivity contribution in [2.75, 3.05) is 11.4 Å². The molecule has 2 rings (SSSR count). The molecular weight excluding hydrogens is 264 g/mol. The van der Waals surface area contributed by atoms with Gasteiger partial charge in [0.1, 0.15) is 5.82 Å². The Morgan fingerprint density at radius 1 is 1.50 bits per heavy atom. The van der Waals surface area contributed by atoms with Crippen molar-refractivity contribution in [2.24, 2.45) is 0 Å². The second-order valence-electron chi connectivity index (χ2n) is 4.54. The van der Waals surface area contributed by atoms with Gasteiger partial charge in [0.05, 0.1) is 0 Å². The molecule has 0 saturated carbocycles. The Morgan fingerprint density at radius 2 is 2.31 bits per heavy atom. The van der Waals surface area contributed by atoms with Crippen molar-refractivity contribution in [3.8, 4) is 0 Å². The van der Waals surface area contributed by atoms with Crippen molar-refractivity contribution >= 4 is 21.7 Å². The molecule has 1 saturated heterocycles. The standard InChI is InChI=1S/C13H19BrN2/c1-3-11-6-4-5-7-16(11)13-8-10(2)12(14)9-15-13/h8-9,11H,3-7H2,1-2H3. The van der Waals surface area contributed by atoms with Gasteiger partial charge in [0.25, 0.3) is 0 Å². The first-order chi connectivity index (χ1) is 7.72. The molecule has 3 heteroatoms. The molecule has 0 bridgehead atoms. The number of aryl methyl sites for hydroxylation is 1. The van der Waals surface area contributed by atoms with E-state index in [1.807, 2.05) is 6.20 Å². The predicted octanol–water partition coefficient (Wildman–Crippen LogP) is 3.92. The zero-order valence-electron chi connectivity index (χ0n) is 10.0. The van der Waals surface area contributed by atoms with Gasteiger partial charge in [-0.1, -0.05) is 6.92 Å². The van der Waals surface area contributed by atoms with Gasteiger partial charge in [0, 0.05) is 23.3 Å². The third-order valence-corrected chi connectivity index (χ3v) is 4.26. The lowest BCUT2D eigenvalue weighted by atomic mass is 10.00. The number of piperidine rings is 1. The summed E-state index contributed by atoms with van der Waals surface area (Å²) < 4.78 is 1.10. The van der Waals surface area contributed by atoms with Crippen molar-refractivity contribution in [2.45, 2.75) is 45.6 Å². The molecule has 0 spiro atoms. The molecular formula is C13H19BrN2. The van der Waals surface area contributed by atoms with Crippen molar-refractivity contribution in [1.82, 2.24) is 4.98 Å². The van der Waals surface area contributed by atoms with Gasteiger partial charge in [-0.3, -0.25) is 0 Å².